The minimum Gasteiger partial charge on any atom is -0.387 e. The lowest BCUT2D eigenvalue weighted by atomic mass is 10.0. The van der Waals surface area contributed by atoms with Crippen LogP contribution in [0, 0.1) is 5.92 Å². The standard InChI is InChI=1S/C13H28N2/c1-10(2)8-12(5)14-9-13(6,7)15-11(3)4/h10-11,14-15H,5,8-9H2,1-4,6-7H3. The van der Waals surface area contributed by atoms with Crippen molar-refractivity contribution in [1.82, 2.24) is 10.6 Å². The Kier molecular flexibility index (Phi) is 5.96. The Balaban J connectivity index is 3.87. The summed E-state index contributed by atoms with van der Waals surface area (Å²) in [4.78, 5) is 0. The van der Waals surface area contributed by atoms with Crippen LogP contribution in [0.3, 0.4) is 0 Å². The van der Waals surface area contributed by atoms with Gasteiger partial charge in [-0.1, -0.05) is 34.3 Å². The van der Waals surface area contributed by atoms with Gasteiger partial charge < -0.3 is 10.6 Å². The molecule has 0 aromatic rings. The molecule has 0 amide bonds. The van der Waals surface area contributed by atoms with E-state index >= 15 is 0 Å². The first-order valence-electron chi connectivity index (χ1n) is 5.92. The van der Waals surface area contributed by atoms with Gasteiger partial charge in [0.05, 0.1) is 0 Å². The summed E-state index contributed by atoms with van der Waals surface area (Å²) in [7, 11) is 0. The number of rotatable bonds is 7. The Morgan fingerprint density at radius 1 is 1.20 bits per heavy atom. The van der Waals surface area contributed by atoms with Crippen LogP contribution < -0.4 is 10.6 Å². The first-order chi connectivity index (χ1) is 6.73. The summed E-state index contributed by atoms with van der Waals surface area (Å²) < 4.78 is 0. The molecule has 0 unspecified atom stereocenters. The van der Waals surface area contributed by atoms with Gasteiger partial charge in [0.25, 0.3) is 0 Å². The molecule has 2 nitrogen and oxygen atoms in total. The third kappa shape index (κ3) is 8.49. The number of hydrogen-bond acceptors (Lipinski definition) is 2. The van der Waals surface area contributed by atoms with Gasteiger partial charge in [0.1, 0.15) is 0 Å². The van der Waals surface area contributed by atoms with Gasteiger partial charge in [-0.05, 0) is 26.2 Å². The van der Waals surface area contributed by atoms with E-state index in [1.165, 1.54) is 0 Å². The van der Waals surface area contributed by atoms with Crippen LogP contribution in [0.2, 0.25) is 0 Å². The van der Waals surface area contributed by atoms with Gasteiger partial charge >= 0.3 is 0 Å². The van der Waals surface area contributed by atoms with Gasteiger partial charge in [0.15, 0.2) is 0 Å². The zero-order valence-corrected chi connectivity index (χ0v) is 11.3. The maximum absolute atomic E-state index is 4.04. The molecule has 0 rings (SSSR count). The molecule has 2 N–H and O–H groups in total. The summed E-state index contributed by atoms with van der Waals surface area (Å²) in [6.45, 7) is 18.2. The summed E-state index contributed by atoms with van der Waals surface area (Å²) in [5, 5.41) is 6.93. The smallest absolute Gasteiger partial charge is 0.0321 e. The lowest BCUT2D eigenvalue weighted by Crippen LogP contribution is -2.50. The Hall–Kier alpha value is -0.500. The molecule has 0 heterocycles. The van der Waals surface area contributed by atoms with Crippen LogP contribution in [0.4, 0.5) is 0 Å². The highest BCUT2D eigenvalue weighted by atomic mass is 15.0. The molecule has 0 atom stereocenters. The predicted molar refractivity (Wildman–Crippen MR) is 68.9 cm³/mol. The molecular formula is C13H28N2. The van der Waals surface area contributed by atoms with Crippen LogP contribution in [0.15, 0.2) is 12.3 Å². The van der Waals surface area contributed by atoms with E-state index in [1.807, 2.05) is 0 Å². The number of nitrogens with one attached hydrogen (secondary N) is 2. The van der Waals surface area contributed by atoms with Crippen molar-refractivity contribution in [2.24, 2.45) is 5.92 Å². The highest BCUT2D eigenvalue weighted by Gasteiger charge is 2.17. The quantitative estimate of drug-likeness (QED) is 0.678. The molecule has 0 saturated carbocycles. The van der Waals surface area contributed by atoms with E-state index in [9.17, 15) is 0 Å². The molecule has 0 aromatic heterocycles. The van der Waals surface area contributed by atoms with E-state index in [0.717, 1.165) is 18.7 Å². The Morgan fingerprint density at radius 3 is 2.13 bits per heavy atom. The zero-order valence-electron chi connectivity index (χ0n) is 11.3. The maximum atomic E-state index is 4.04. The molecule has 0 aliphatic rings. The molecule has 0 aliphatic carbocycles. The van der Waals surface area contributed by atoms with Gasteiger partial charge in [-0.2, -0.15) is 0 Å². The first kappa shape index (κ1) is 14.5. The van der Waals surface area contributed by atoms with Gasteiger partial charge in [-0.15, -0.1) is 0 Å². The Morgan fingerprint density at radius 2 is 1.73 bits per heavy atom. The third-order valence-electron chi connectivity index (χ3n) is 2.11. The molecule has 15 heavy (non-hydrogen) atoms. The lowest BCUT2D eigenvalue weighted by Gasteiger charge is -2.30. The first-order valence-corrected chi connectivity index (χ1v) is 5.92. The van der Waals surface area contributed by atoms with Gasteiger partial charge in [0, 0.05) is 23.8 Å². The molecule has 0 fully saturated rings. The van der Waals surface area contributed by atoms with Crippen molar-refractivity contribution in [2.45, 2.75) is 59.5 Å². The Labute approximate surface area is 95.5 Å². The highest BCUT2D eigenvalue weighted by molar-refractivity contribution is 4.95. The molecule has 2 heteroatoms. The zero-order chi connectivity index (χ0) is 12.1. The van der Waals surface area contributed by atoms with E-state index < -0.39 is 0 Å². The fourth-order valence-corrected chi connectivity index (χ4v) is 1.74. The fourth-order valence-electron chi connectivity index (χ4n) is 1.74. The Bertz CT molecular complexity index is 193. The monoisotopic (exact) mass is 212 g/mol. The maximum Gasteiger partial charge on any atom is 0.0321 e. The van der Waals surface area contributed by atoms with E-state index in [2.05, 4.69) is 58.8 Å². The molecule has 0 spiro atoms. The second kappa shape index (κ2) is 6.16. The molecular weight excluding hydrogens is 184 g/mol. The van der Waals surface area contributed by atoms with E-state index in [4.69, 9.17) is 0 Å². The minimum atomic E-state index is 0.119. The second-order valence-corrected chi connectivity index (χ2v) is 5.74. The van der Waals surface area contributed by atoms with Crippen LogP contribution in [0.25, 0.3) is 0 Å². The van der Waals surface area contributed by atoms with Crippen LogP contribution in [0.1, 0.15) is 48.0 Å². The van der Waals surface area contributed by atoms with Crippen LogP contribution in [-0.2, 0) is 0 Å². The van der Waals surface area contributed by atoms with Crippen LogP contribution >= 0.6 is 0 Å². The van der Waals surface area contributed by atoms with Crippen molar-refractivity contribution in [3.8, 4) is 0 Å². The lowest BCUT2D eigenvalue weighted by molar-refractivity contribution is 0.344. The number of hydrogen-bond donors (Lipinski definition) is 2. The van der Waals surface area contributed by atoms with Gasteiger partial charge in [-0.25, -0.2) is 0 Å². The summed E-state index contributed by atoms with van der Waals surface area (Å²) in [6, 6.07) is 0.514. The SMILES string of the molecule is C=C(CC(C)C)NCC(C)(C)NC(C)C. The van der Waals surface area contributed by atoms with Gasteiger partial charge in [0.2, 0.25) is 0 Å². The van der Waals surface area contributed by atoms with E-state index in [0.29, 0.717) is 12.0 Å². The van der Waals surface area contributed by atoms with Crippen molar-refractivity contribution in [3.63, 3.8) is 0 Å². The van der Waals surface area contributed by atoms with Crippen molar-refractivity contribution in [1.29, 1.82) is 0 Å². The molecule has 0 bridgehead atoms. The second-order valence-electron chi connectivity index (χ2n) is 5.74. The van der Waals surface area contributed by atoms with Crippen molar-refractivity contribution < 1.29 is 0 Å². The summed E-state index contributed by atoms with van der Waals surface area (Å²) in [5.74, 6) is 0.672. The molecule has 0 saturated heterocycles. The number of allylic oxidation sites excluding steroid dienone is 1. The normalized spacial score (nSPS) is 12.3. The molecule has 90 valence electrons. The van der Waals surface area contributed by atoms with E-state index in [-0.39, 0.29) is 5.54 Å². The largest absolute Gasteiger partial charge is 0.387 e. The van der Waals surface area contributed by atoms with Gasteiger partial charge in [-0.3, -0.25) is 0 Å². The van der Waals surface area contributed by atoms with Crippen molar-refractivity contribution >= 4 is 0 Å². The van der Waals surface area contributed by atoms with Crippen LogP contribution in [0.5, 0.6) is 0 Å². The molecule has 0 radical (unpaired) electrons. The predicted octanol–water partition coefficient (Wildman–Crippen LogP) is 2.91. The fraction of sp³-hybridized carbons (Fsp3) is 0.846. The highest BCUT2D eigenvalue weighted by Crippen LogP contribution is 2.08. The average Bonchev–Trinajstić information content (AvgIpc) is 1.97. The molecule has 0 aromatic carbocycles. The summed E-state index contributed by atoms with van der Waals surface area (Å²) >= 11 is 0. The van der Waals surface area contributed by atoms with Crippen LogP contribution in [-0.4, -0.2) is 18.1 Å². The average molecular weight is 212 g/mol. The third-order valence-corrected chi connectivity index (χ3v) is 2.11. The topological polar surface area (TPSA) is 24.1 Å². The minimum absolute atomic E-state index is 0.119. The summed E-state index contributed by atoms with van der Waals surface area (Å²) in [6.07, 6.45) is 1.05. The molecule has 0 aliphatic heterocycles. The van der Waals surface area contributed by atoms with Crippen molar-refractivity contribution in [3.05, 3.63) is 12.3 Å². The van der Waals surface area contributed by atoms with Crippen molar-refractivity contribution in [2.75, 3.05) is 6.54 Å². The summed E-state index contributed by atoms with van der Waals surface area (Å²) in [5.41, 5.74) is 1.26. The van der Waals surface area contributed by atoms with E-state index in [1.54, 1.807) is 0 Å².